The van der Waals surface area contributed by atoms with Gasteiger partial charge in [0.25, 0.3) is 5.91 Å². The van der Waals surface area contributed by atoms with E-state index in [4.69, 9.17) is 18.9 Å². The van der Waals surface area contributed by atoms with Gasteiger partial charge in [-0.25, -0.2) is 4.79 Å². The van der Waals surface area contributed by atoms with Crippen molar-refractivity contribution in [3.63, 3.8) is 0 Å². The third-order valence-electron chi connectivity index (χ3n) is 7.02. The van der Waals surface area contributed by atoms with Crippen LogP contribution in [-0.2, 0) is 14.3 Å². The summed E-state index contributed by atoms with van der Waals surface area (Å²) in [5.74, 6) is 1.22. The molecule has 8 nitrogen and oxygen atoms in total. The predicted octanol–water partition coefficient (Wildman–Crippen LogP) is 6.03. The molecule has 0 aromatic heterocycles. The minimum atomic E-state index is -0.694. The standard InChI is InChI=1S/C32H34N2O6S/c1-7-39-31(36)28-19(4)33-32-34(29(28)21-13-15-25(40-18(2)3)26(16-21)38-6)30(35)27(41-32)17-20-12-14-24(37-5)23-11-9-8-10-22(20)23/h8-18,29,32-33H,7H2,1-6H3. The highest BCUT2D eigenvalue weighted by molar-refractivity contribution is 8.05. The monoisotopic (exact) mass is 574 g/mol. The summed E-state index contributed by atoms with van der Waals surface area (Å²) in [6.45, 7) is 7.70. The number of methoxy groups -OCH3 is 2. The van der Waals surface area contributed by atoms with E-state index in [1.54, 1.807) is 26.0 Å². The number of ether oxygens (including phenoxy) is 4. The van der Waals surface area contributed by atoms with Crippen molar-refractivity contribution in [2.24, 2.45) is 0 Å². The van der Waals surface area contributed by atoms with Gasteiger partial charge in [-0.1, -0.05) is 48.2 Å². The summed E-state index contributed by atoms with van der Waals surface area (Å²) in [5.41, 5.74) is 2.25. The van der Waals surface area contributed by atoms with E-state index in [2.05, 4.69) is 5.32 Å². The highest BCUT2D eigenvalue weighted by atomic mass is 32.2. The van der Waals surface area contributed by atoms with E-state index >= 15 is 0 Å². The van der Waals surface area contributed by atoms with Crippen LogP contribution in [0.25, 0.3) is 16.8 Å². The van der Waals surface area contributed by atoms with E-state index in [0.717, 1.165) is 27.6 Å². The highest BCUT2D eigenvalue weighted by Crippen LogP contribution is 2.48. The van der Waals surface area contributed by atoms with Gasteiger partial charge in [0.15, 0.2) is 17.0 Å². The molecule has 2 aliphatic heterocycles. The lowest BCUT2D eigenvalue weighted by molar-refractivity contribution is -0.140. The molecule has 2 unspecified atom stereocenters. The Kier molecular flexibility index (Phi) is 8.17. The number of carbonyl (C=O) groups excluding carboxylic acids is 2. The van der Waals surface area contributed by atoms with Gasteiger partial charge in [-0.2, -0.15) is 0 Å². The molecule has 1 N–H and O–H groups in total. The second-order valence-corrected chi connectivity index (χ2v) is 11.1. The van der Waals surface area contributed by atoms with Gasteiger partial charge < -0.3 is 24.3 Å². The largest absolute Gasteiger partial charge is 0.496 e. The van der Waals surface area contributed by atoms with Crippen molar-refractivity contribution in [2.75, 3.05) is 20.8 Å². The van der Waals surface area contributed by atoms with Crippen LogP contribution >= 0.6 is 11.8 Å². The van der Waals surface area contributed by atoms with Crippen LogP contribution in [-0.4, -0.2) is 49.2 Å². The molecule has 3 aromatic carbocycles. The molecule has 1 fully saturated rings. The average Bonchev–Trinajstić information content (AvgIpc) is 3.26. The minimum Gasteiger partial charge on any atom is -0.496 e. The summed E-state index contributed by atoms with van der Waals surface area (Å²) in [7, 11) is 3.22. The van der Waals surface area contributed by atoms with Crippen LogP contribution in [0.2, 0.25) is 0 Å². The topological polar surface area (TPSA) is 86.3 Å². The number of esters is 1. The molecule has 214 valence electrons. The molecular weight excluding hydrogens is 540 g/mol. The van der Waals surface area contributed by atoms with Crippen molar-refractivity contribution in [3.05, 3.63) is 81.9 Å². The fourth-order valence-electron chi connectivity index (χ4n) is 5.26. The van der Waals surface area contributed by atoms with Crippen LogP contribution in [0.3, 0.4) is 0 Å². The number of nitrogens with one attached hydrogen (secondary N) is 1. The van der Waals surface area contributed by atoms with E-state index in [1.165, 1.54) is 11.8 Å². The van der Waals surface area contributed by atoms with Crippen molar-refractivity contribution >= 4 is 40.5 Å². The van der Waals surface area contributed by atoms with E-state index in [1.807, 2.05) is 81.4 Å². The number of allylic oxidation sites excluding steroid dienone is 1. The molecule has 0 saturated carbocycles. The maximum atomic E-state index is 14.1. The molecule has 0 spiro atoms. The molecule has 0 aliphatic carbocycles. The van der Waals surface area contributed by atoms with Crippen LogP contribution in [0, 0.1) is 0 Å². The molecule has 2 aliphatic rings. The Labute approximate surface area is 244 Å². The summed E-state index contributed by atoms with van der Waals surface area (Å²) in [6, 6.07) is 16.6. The molecule has 2 atom stereocenters. The van der Waals surface area contributed by atoms with Gasteiger partial charge >= 0.3 is 5.97 Å². The maximum absolute atomic E-state index is 14.1. The van der Waals surface area contributed by atoms with Gasteiger partial charge in [0.05, 0.1) is 43.5 Å². The smallest absolute Gasteiger partial charge is 0.338 e. The first-order valence-corrected chi connectivity index (χ1v) is 14.4. The van der Waals surface area contributed by atoms with E-state index in [0.29, 0.717) is 27.7 Å². The SMILES string of the molecule is CCOC(=O)C1=C(C)NC2SC(=Cc3ccc(OC)c4ccccc34)C(=O)N2C1c1ccc(OC(C)C)c(OC)c1. The summed E-state index contributed by atoms with van der Waals surface area (Å²) >= 11 is 1.42. The quantitative estimate of drug-likeness (QED) is 0.258. The second kappa shape index (κ2) is 11.8. The zero-order chi connectivity index (χ0) is 29.3. The van der Waals surface area contributed by atoms with Crippen LogP contribution in [0.5, 0.6) is 17.2 Å². The first kappa shape index (κ1) is 28.4. The lowest BCUT2D eigenvalue weighted by atomic mass is 9.93. The first-order valence-electron chi connectivity index (χ1n) is 13.5. The van der Waals surface area contributed by atoms with Crippen molar-refractivity contribution in [1.29, 1.82) is 0 Å². The van der Waals surface area contributed by atoms with Crippen LogP contribution < -0.4 is 19.5 Å². The Balaban J connectivity index is 1.60. The molecule has 2 heterocycles. The normalized spacial score (nSPS) is 19.4. The molecule has 41 heavy (non-hydrogen) atoms. The Morgan fingerprint density at radius 3 is 2.41 bits per heavy atom. The summed E-state index contributed by atoms with van der Waals surface area (Å²) in [5, 5.41) is 5.31. The zero-order valence-corrected chi connectivity index (χ0v) is 24.8. The number of carbonyl (C=O) groups is 2. The third kappa shape index (κ3) is 5.34. The van der Waals surface area contributed by atoms with E-state index in [-0.39, 0.29) is 18.6 Å². The van der Waals surface area contributed by atoms with E-state index in [9.17, 15) is 9.59 Å². The number of rotatable bonds is 8. The van der Waals surface area contributed by atoms with E-state index < -0.39 is 17.5 Å². The van der Waals surface area contributed by atoms with Gasteiger partial charge in [-0.05, 0) is 68.5 Å². The highest BCUT2D eigenvalue weighted by Gasteiger charge is 2.48. The zero-order valence-electron chi connectivity index (χ0n) is 24.0. The van der Waals surface area contributed by atoms with Crippen molar-refractivity contribution in [1.82, 2.24) is 10.2 Å². The molecule has 0 bridgehead atoms. The summed E-state index contributed by atoms with van der Waals surface area (Å²) in [4.78, 5) is 29.7. The van der Waals surface area contributed by atoms with Crippen molar-refractivity contribution in [2.45, 2.75) is 45.3 Å². The third-order valence-corrected chi connectivity index (χ3v) is 8.13. The lowest BCUT2D eigenvalue weighted by Gasteiger charge is -2.39. The maximum Gasteiger partial charge on any atom is 0.338 e. The number of thioether (sulfide) groups is 1. The number of hydrogen-bond donors (Lipinski definition) is 1. The minimum absolute atomic E-state index is 0.0477. The predicted molar refractivity (Wildman–Crippen MR) is 161 cm³/mol. The molecular formula is C32H34N2O6S. The first-order chi connectivity index (χ1) is 19.8. The molecule has 1 saturated heterocycles. The lowest BCUT2D eigenvalue weighted by Crippen LogP contribution is -2.50. The summed E-state index contributed by atoms with van der Waals surface area (Å²) in [6.07, 6.45) is 1.86. The van der Waals surface area contributed by atoms with Gasteiger partial charge in [0.1, 0.15) is 5.75 Å². The Morgan fingerprint density at radius 1 is 1.02 bits per heavy atom. The molecule has 0 radical (unpaired) electrons. The fourth-order valence-corrected chi connectivity index (χ4v) is 6.47. The van der Waals surface area contributed by atoms with Gasteiger partial charge in [-0.15, -0.1) is 0 Å². The van der Waals surface area contributed by atoms with Gasteiger partial charge in [-0.3, -0.25) is 9.69 Å². The molecule has 3 aromatic rings. The van der Waals surface area contributed by atoms with Crippen molar-refractivity contribution < 1.29 is 28.5 Å². The number of nitrogens with zero attached hydrogens (tertiary/aromatic N) is 1. The van der Waals surface area contributed by atoms with Crippen molar-refractivity contribution in [3.8, 4) is 17.2 Å². The van der Waals surface area contributed by atoms with Crippen LogP contribution in [0.15, 0.2) is 70.8 Å². The fraction of sp³-hybridized carbons (Fsp3) is 0.312. The number of hydrogen-bond acceptors (Lipinski definition) is 8. The van der Waals surface area contributed by atoms with Crippen LogP contribution in [0.4, 0.5) is 0 Å². The Hall–Kier alpha value is -4.11. The van der Waals surface area contributed by atoms with Crippen LogP contribution in [0.1, 0.15) is 44.9 Å². The average molecular weight is 575 g/mol. The van der Waals surface area contributed by atoms with Gasteiger partial charge in [0.2, 0.25) is 0 Å². The summed E-state index contributed by atoms with van der Waals surface area (Å²) < 4.78 is 22.6. The van der Waals surface area contributed by atoms with Gasteiger partial charge in [0, 0.05) is 11.1 Å². The Bertz CT molecular complexity index is 1560. The molecule has 1 amide bonds. The second-order valence-electron chi connectivity index (χ2n) is 9.98. The molecule has 5 rings (SSSR count). The number of benzene rings is 3. The number of amides is 1. The molecule has 9 heteroatoms. The number of fused-ring (bicyclic) bond motifs is 2. The Morgan fingerprint density at radius 2 is 1.73 bits per heavy atom.